The number of hydrogen-bond acceptors (Lipinski definition) is 4. The van der Waals surface area contributed by atoms with Crippen molar-refractivity contribution >= 4 is 10.0 Å². The summed E-state index contributed by atoms with van der Waals surface area (Å²) in [5, 5.41) is 8.17. The van der Waals surface area contributed by atoms with Gasteiger partial charge in [0.05, 0.1) is 12.2 Å². The van der Waals surface area contributed by atoms with Crippen LogP contribution in [-0.4, -0.2) is 20.3 Å². The van der Waals surface area contributed by atoms with E-state index in [1.165, 1.54) is 0 Å². The molecule has 0 spiro atoms. The van der Waals surface area contributed by atoms with Crippen molar-refractivity contribution in [2.24, 2.45) is 0 Å². The Hall–Kier alpha value is -0.640. The second-order valence-corrected chi connectivity index (χ2v) is 4.71. The van der Waals surface area contributed by atoms with Gasteiger partial charge in [-0.3, -0.25) is 4.84 Å². The lowest BCUT2D eigenvalue weighted by Crippen LogP contribution is -2.29. The van der Waals surface area contributed by atoms with Gasteiger partial charge in [0.2, 0.25) is 10.0 Å². The van der Waals surface area contributed by atoms with Crippen molar-refractivity contribution in [3.05, 3.63) is 0 Å². The number of nitriles is 1. The number of nitrogens with zero attached hydrogens (tertiary/aromatic N) is 1. The van der Waals surface area contributed by atoms with Crippen LogP contribution < -0.4 is 4.89 Å². The van der Waals surface area contributed by atoms with E-state index in [9.17, 15) is 8.42 Å². The van der Waals surface area contributed by atoms with Crippen LogP contribution in [0.15, 0.2) is 0 Å². The highest BCUT2D eigenvalue weighted by atomic mass is 32.2. The summed E-state index contributed by atoms with van der Waals surface area (Å²) in [6.45, 7) is 0. The van der Waals surface area contributed by atoms with Crippen LogP contribution in [0.25, 0.3) is 0 Å². The number of sulfonamides is 1. The number of hydrogen-bond donors (Lipinski definition) is 1. The maximum atomic E-state index is 10.9. The first kappa shape index (κ1) is 10.4. The van der Waals surface area contributed by atoms with Crippen LogP contribution in [0, 0.1) is 11.3 Å². The van der Waals surface area contributed by atoms with E-state index in [0.717, 1.165) is 25.7 Å². The van der Waals surface area contributed by atoms with Gasteiger partial charge in [-0.05, 0) is 12.8 Å². The molecule has 0 aliphatic heterocycles. The van der Waals surface area contributed by atoms with Crippen molar-refractivity contribution in [3.8, 4) is 6.07 Å². The van der Waals surface area contributed by atoms with E-state index in [1.54, 1.807) is 6.07 Å². The van der Waals surface area contributed by atoms with Gasteiger partial charge in [-0.15, -0.1) is 0 Å². The molecule has 0 atom stereocenters. The molecule has 13 heavy (non-hydrogen) atoms. The minimum atomic E-state index is -3.55. The molecular weight excluding hydrogens is 192 g/mol. The van der Waals surface area contributed by atoms with E-state index in [-0.39, 0.29) is 6.10 Å². The molecule has 0 saturated heterocycles. The highest BCUT2D eigenvalue weighted by Gasteiger charge is 2.18. The average Bonchev–Trinajstić information content (AvgIpc) is 2.52. The molecular formula is C7H12N2O3S. The molecule has 0 heterocycles. The molecule has 0 bridgehead atoms. The lowest BCUT2D eigenvalue weighted by Gasteiger charge is -2.09. The molecule has 0 radical (unpaired) electrons. The van der Waals surface area contributed by atoms with Gasteiger partial charge in [0.25, 0.3) is 0 Å². The first-order valence-corrected chi connectivity index (χ1v) is 5.81. The fourth-order valence-corrected chi connectivity index (χ4v) is 1.77. The standard InChI is InChI=1S/C7H12N2O3S/c8-5-6-13(10,11)9-12-7-3-1-2-4-7/h7,9H,1-4,6H2. The molecule has 0 aromatic rings. The normalized spacial score (nSPS) is 18.7. The van der Waals surface area contributed by atoms with Crippen LogP contribution >= 0.6 is 0 Å². The van der Waals surface area contributed by atoms with Gasteiger partial charge in [0, 0.05) is 0 Å². The van der Waals surface area contributed by atoms with Gasteiger partial charge in [-0.25, -0.2) is 8.42 Å². The lowest BCUT2D eigenvalue weighted by atomic mass is 10.3. The van der Waals surface area contributed by atoms with Crippen LogP contribution in [0.1, 0.15) is 25.7 Å². The van der Waals surface area contributed by atoms with E-state index in [0.29, 0.717) is 0 Å². The van der Waals surface area contributed by atoms with Crippen molar-refractivity contribution < 1.29 is 13.3 Å². The number of nitrogens with one attached hydrogen (secondary N) is 1. The summed E-state index contributed by atoms with van der Waals surface area (Å²) in [4.78, 5) is 6.88. The quantitative estimate of drug-likeness (QED) is 0.668. The number of rotatable bonds is 4. The molecule has 74 valence electrons. The first-order chi connectivity index (χ1) is 6.14. The van der Waals surface area contributed by atoms with Gasteiger partial charge >= 0.3 is 0 Å². The van der Waals surface area contributed by atoms with Crippen molar-refractivity contribution in [3.63, 3.8) is 0 Å². The topological polar surface area (TPSA) is 79.2 Å². The van der Waals surface area contributed by atoms with Gasteiger partial charge in [-0.1, -0.05) is 17.7 Å². The van der Waals surface area contributed by atoms with Crippen molar-refractivity contribution in [2.45, 2.75) is 31.8 Å². The molecule has 5 nitrogen and oxygen atoms in total. The summed E-state index contributed by atoms with van der Waals surface area (Å²) >= 11 is 0. The maximum absolute atomic E-state index is 10.9. The Morgan fingerprint density at radius 3 is 2.62 bits per heavy atom. The smallest absolute Gasteiger partial charge is 0.246 e. The summed E-state index contributed by atoms with van der Waals surface area (Å²) in [6.07, 6.45) is 3.90. The third kappa shape index (κ3) is 3.72. The van der Waals surface area contributed by atoms with Crippen LogP contribution in [-0.2, 0) is 14.9 Å². The van der Waals surface area contributed by atoms with Crippen molar-refractivity contribution in [2.75, 3.05) is 5.75 Å². The first-order valence-electron chi connectivity index (χ1n) is 4.16. The molecule has 0 aromatic heterocycles. The predicted octanol–water partition coefficient (Wildman–Crippen LogP) is 0.304. The summed E-state index contributed by atoms with van der Waals surface area (Å²) in [6, 6.07) is 1.55. The Balaban J connectivity index is 2.29. The monoisotopic (exact) mass is 204 g/mol. The zero-order chi connectivity index (χ0) is 9.73. The largest absolute Gasteiger partial charge is 0.284 e. The fraction of sp³-hybridized carbons (Fsp3) is 0.857. The van der Waals surface area contributed by atoms with Crippen LogP contribution in [0.2, 0.25) is 0 Å². The van der Waals surface area contributed by atoms with E-state index in [1.807, 2.05) is 4.89 Å². The summed E-state index contributed by atoms with van der Waals surface area (Å²) in [5.74, 6) is -0.556. The Morgan fingerprint density at radius 2 is 2.08 bits per heavy atom. The Labute approximate surface area is 77.7 Å². The van der Waals surface area contributed by atoms with Crippen molar-refractivity contribution in [1.29, 1.82) is 5.26 Å². The highest BCUT2D eigenvalue weighted by Crippen LogP contribution is 2.19. The second-order valence-electron chi connectivity index (χ2n) is 3.02. The average molecular weight is 204 g/mol. The Bertz CT molecular complexity index is 287. The van der Waals surface area contributed by atoms with Crippen LogP contribution in [0.3, 0.4) is 0 Å². The van der Waals surface area contributed by atoms with Gasteiger partial charge in [0.1, 0.15) is 0 Å². The second kappa shape index (κ2) is 4.56. The summed E-state index contributed by atoms with van der Waals surface area (Å²) in [5.41, 5.74) is 0. The lowest BCUT2D eigenvalue weighted by molar-refractivity contribution is 0.0225. The molecule has 1 rings (SSSR count). The minimum Gasteiger partial charge on any atom is -0.284 e. The van der Waals surface area contributed by atoms with Crippen molar-refractivity contribution in [1.82, 2.24) is 4.89 Å². The molecule has 1 N–H and O–H groups in total. The highest BCUT2D eigenvalue weighted by molar-refractivity contribution is 7.89. The van der Waals surface area contributed by atoms with E-state index >= 15 is 0 Å². The van der Waals surface area contributed by atoms with E-state index in [4.69, 9.17) is 10.1 Å². The fourth-order valence-electron chi connectivity index (χ4n) is 1.26. The third-order valence-corrected chi connectivity index (χ3v) is 2.76. The molecule has 1 saturated carbocycles. The molecule has 6 heteroatoms. The molecule has 0 aromatic carbocycles. The van der Waals surface area contributed by atoms with Gasteiger partial charge < -0.3 is 0 Å². The third-order valence-electron chi connectivity index (χ3n) is 1.90. The minimum absolute atomic E-state index is 0.0199. The van der Waals surface area contributed by atoms with Gasteiger partial charge in [-0.2, -0.15) is 5.26 Å². The maximum Gasteiger partial charge on any atom is 0.246 e. The molecule has 0 amide bonds. The molecule has 0 unspecified atom stereocenters. The molecule has 1 aliphatic rings. The SMILES string of the molecule is N#CCS(=O)(=O)NOC1CCCC1. The van der Waals surface area contributed by atoms with Crippen LogP contribution in [0.4, 0.5) is 0 Å². The summed E-state index contributed by atoms with van der Waals surface area (Å²) in [7, 11) is -3.55. The van der Waals surface area contributed by atoms with E-state index in [2.05, 4.69) is 0 Å². The zero-order valence-electron chi connectivity index (χ0n) is 7.19. The van der Waals surface area contributed by atoms with E-state index < -0.39 is 15.8 Å². The molecule has 1 aliphatic carbocycles. The van der Waals surface area contributed by atoms with Crippen LogP contribution in [0.5, 0.6) is 0 Å². The van der Waals surface area contributed by atoms with Gasteiger partial charge in [0.15, 0.2) is 5.75 Å². The summed E-state index contributed by atoms with van der Waals surface area (Å²) < 4.78 is 21.9. The molecule has 1 fully saturated rings. The zero-order valence-corrected chi connectivity index (χ0v) is 8.01. The Morgan fingerprint density at radius 1 is 1.46 bits per heavy atom. The Kier molecular flexibility index (Phi) is 3.66. The predicted molar refractivity (Wildman–Crippen MR) is 45.9 cm³/mol.